The Morgan fingerprint density at radius 2 is 2.05 bits per heavy atom. The molecule has 1 aromatic carbocycles. The first kappa shape index (κ1) is 14.3. The summed E-state index contributed by atoms with van der Waals surface area (Å²) in [5, 5.41) is 11.9. The summed E-state index contributed by atoms with van der Waals surface area (Å²) in [4.78, 5) is 0. The van der Waals surface area contributed by atoms with Gasteiger partial charge >= 0.3 is 0 Å². The van der Waals surface area contributed by atoms with E-state index in [0.717, 1.165) is 41.6 Å². The molecule has 1 fully saturated rings. The van der Waals surface area contributed by atoms with E-state index in [1.807, 2.05) is 24.3 Å². The van der Waals surface area contributed by atoms with Crippen LogP contribution in [-0.4, -0.2) is 30.2 Å². The van der Waals surface area contributed by atoms with Gasteiger partial charge in [-0.25, -0.2) is 0 Å². The molecule has 1 saturated carbocycles. The van der Waals surface area contributed by atoms with Crippen molar-refractivity contribution in [2.75, 3.05) is 13.2 Å². The van der Waals surface area contributed by atoms with Crippen molar-refractivity contribution in [3.8, 4) is 5.75 Å². The van der Waals surface area contributed by atoms with E-state index in [-0.39, 0.29) is 6.10 Å². The molecule has 0 heterocycles. The molecule has 5 heteroatoms. The molecule has 0 atom stereocenters. The molecule has 1 aliphatic carbocycles. The average Bonchev–Trinajstić information content (AvgIpc) is 2.44. The fraction of sp³-hybridized carbons (Fsp3) is 0.500. The largest absolute Gasteiger partial charge is 0.491 e. The maximum atomic E-state index is 8.66. The Labute approximate surface area is 121 Å². The maximum absolute atomic E-state index is 8.66. The van der Waals surface area contributed by atoms with Gasteiger partial charge in [0, 0.05) is 4.47 Å². The van der Waals surface area contributed by atoms with Gasteiger partial charge in [-0.1, -0.05) is 27.2 Å². The molecule has 0 aliphatic heterocycles. The Morgan fingerprint density at radius 1 is 1.26 bits per heavy atom. The third-order valence-corrected chi connectivity index (χ3v) is 3.65. The van der Waals surface area contributed by atoms with E-state index in [9.17, 15) is 0 Å². The Balaban J connectivity index is 1.62. The topological polar surface area (TPSA) is 51.1 Å². The second kappa shape index (κ2) is 7.50. The molecule has 1 N–H and O–H groups in total. The lowest BCUT2D eigenvalue weighted by atomic mass is 9.96. The number of halogens is 1. The van der Waals surface area contributed by atoms with Gasteiger partial charge in [0.25, 0.3) is 0 Å². The third kappa shape index (κ3) is 4.84. The first-order valence-electron chi connectivity index (χ1n) is 6.47. The average molecular weight is 328 g/mol. The van der Waals surface area contributed by atoms with Gasteiger partial charge in [0.2, 0.25) is 0 Å². The fourth-order valence-corrected chi connectivity index (χ4v) is 2.50. The highest BCUT2D eigenvalue weighted by Gasteiger charge is 2.18. The lowest BCUT2D eigenvalue weighted by Crippen LogP contribution is -2.23. The Morgan fingerprint density at radius 3 is 2.74 bits per heavy atom. The molecule has 0 radical (unpaired) electrons. The quantitative estimate of drug-likeness (QED) is 0.510. The summed E-state index contributed by atoms with van der Waals surface area (Å²) < 4.78 is 12.4. The van der Waals surface area contributed by atoms with Gasteiger partial charge in [-0.3, -0.25) is 0 Å². The van der Waals surface area contributed by atoms with Crippen molar-refractivity contribution in [3.63, 3.8) is 0 Å². The number of oxime groups is 1. The van der Waals surface area contributed by atoms with Crippen molar-refractivity contribution >= 4 is 21.6 Å². The van der Waals surface area contributed by atoms with Crippen LogP contribution < -0.4 is 4.74 Å². The zero-order valence-electron chi connectivity index (χ0n) is 10.7. The Kier molecular flexibility index (Phi) is 5.66. The number of benzene rings is 1. The van der Waals surface area contributed by atoms with Crippen molar-refractivity contribution in [1.82, 2.24) is 0 Å². The van der Waals surface area contributed by atoms with Crippen LogP contribution in [0.15, 0.2) is 33.9 Å². The summed E-state index contributed by atoms with van der Waals surface area (Å²) >= 11 is 3.40. The Hall–Kier alpha value is -1.07. The van der Waals surface area contributed by atoms with E-state index >= 15 is 0 Å². The van der Waals surface area contributed by atoms with Crippen LogP contribution in [0.2, 0.25) is 0 Å². The highest BCUT2D eigenvalue weighted by Crippen LogP contribution is 2.20. The van der Waals surface area contributed by atoms with Gasteiger partial charge in [-0.2, -0.15) is 0 Å². The van der Waals surface area contributed by atoms with Gasteiger partial charge in [0.05, 0.1) is 18.4 Å². The predicted octanol–water partition coefficient (Wildman–Crippen LogP) is 3.62. The predicted molar refractivity (Wildman–Crippen MR) is 77.1 cm³/mol. The zero-order valence-corrected chi connectivity index (χ0v) is 12.3. The Bertz CT molecular complexity index is 426. The van der Waals surface area contributed by atoms with Crippen molar-refractivity contribution in [3.05, 3.63) is 28.7 Å². The van der Waals surface area contributed by atoms with Crippen LogP contribution in [-0.2, 0) is 4.74 Å². The van der Waals surface area contributed by atoms with Crippen LogP contribution in [0, 0.1) is 0 Å². The van der Waals surface area contributed by atoms with Crippen LogP contribution in [0.1, 0.15) is 25.7 Å². The van der Waals surface area contributed by atoms with Gasteiger partial charge < -0.3 is 14.7 Å². The van der Waals surface area contributed by atoms with E-state index in [4.69, 9.17) is 14.7 Å². The maximum Gasteiger partial charge on any atom is 0.120 e. The van der Waals surface area contributed by atoms with Crippen LogP contribution in [0.25, 0.3) is 0 Å². The zero-order chi connectivity index (χ0) is 13.5. The highest BCUT2D eigenvalue weighted by molar-refractivity contribution is 9.10. The smallest absolute Gasteiger partial charge is 0.120 e. The molecule has 104 valence electrons. The van der Waals surface area contributed by atoms with E-state index in [0.29, 0.717) is 13.2 Å². The highest BCUT2D eigenvalue weighted by atomic mass is 79.9. The SMILES string of the molecule is ON=C1CCC(OCCOc2cccc(Br)c2)CC1. The lowest BCUT2D eigenvalue weighted by Gasteiger charge is -2.22. The molecule has 19 heavy (non-hydrogen) atoms. The molecular formula is C14H18BrNO3. The van der Waals surface area contributed by atoms with Gasteiger partial charge in [-0.15, -0.1) is 0 Å². The first-order chi connectivity index (χ1) is 9.28. The van der Waals surface area contributed by atoms with Crippen LogP contribution >= 0.6 is 15.9 Å². The van der Waals surface area contributed by atoms with Crippen molar-refractivity contribution in [1.29, 1.82) is 0 Å². The molecular weight excluding hydrogens is 310 g/mol. The van der Waals surface area contributed by atoms with E-state index < -0.39 is 0 Å². The summed E-state index contributed by atoms with van der Waals surface area (Å²) in [6, 6.07) is 7.77. The summed E-state index contributed by atoms with van der Waals surface area (Å²) in [6.45, 7) is 1.14. The lowest BCUT2D eigenvalue weighted by molar-refractivity contribution is 0.0225. The monoisotopic (exact) mass is 327 g/mol. The number of hydrogen-bond donors (Lipinski definition) is 1. The molecule has 0 amide bonds. The van der Waals surface area contributed by atoms with Crippen LogP contribution in [0.5, 0.6) is 5.75 Å². The molecule has 4 nitrogen and oxygen atoms in total. The number of nitrogens with zero attached hydrogens (tertiary/aromatic N) is 1. The van der Waals surface area contributed by atoms with Crippen molar-refractivity contribution < 1.29 is 14.7 Å². The summed E-state index contributed by atoms with van der Waals surface area (Å²) in [7, 11) is 0. The molecule has 1 aliphatic rings. The molecule has 0 aromatic heterocycles. The summed E-state index contributed by atoms with van der Waals surface area (Å²) in [5.41, 5.74) is 0.880. The minimum absolute atomic E-state index is 0.261. The molecule has 1 aromatic rings. The van der Waals surface area contributed by atoms with Crippen LogP contribution in [0.4, 0.5) is 0 Å². The molecule has 0 spiro atoms. The second-order valence-electron chi connectivity index (χ2n) is 4.54. The van der Waals surface area contributed by atoms with Crippen LogP contribution in [0.3, 0.4) is 0 Å². The third-order valence-electron chi connectivity index (χ3n) is 3.15. The van der Waals surface area contributed by atoms with Crippen molar-refractivity contribution in [2.24, 2.45) is 5.16 Å². The summed E-state index contributed by atoms with van der Waals surface area (Å²) in [5.74, 6) is 0.844. The van der Waals surface area contributed by atoms with Gasteiger partial charge in [0.15, 0.2) is 0 Å². The van der Waals surface area contributed by atoms with Gasteiger partial charge in [-0.05, 0) is 43.9 Å². The van der Waals surface area contributed by atoms with E-state index in [1.54, 1.807) is 0 Å². The second-order valence-corrected chi connectivity index (χ2v) is 5.46. The normalized spacial score (nSPS) is 19.2. The number of ether oxygens (including phenoxy) is 2. The number of hydrogen-bond acceptors (Lipinski definition) is 4. The van der Waals surface area contributed by atoms with E-state index in [2.05, 4.69) is 21.1 Å². The standard InChI is InChI=1S/C14H18BrNO3/c15-11-2-1-3-14(10-11)19-9-8-18-13-6-4-12(16-17)5-7-13/h1-3,10,13,17H,4-9H2. The molecule has 0 bridgehead atoms. The molecule has 0 unspecified atom stereocenters. The molecule has 2 rings (SSSR count). The minimum Gasteiger partial charge on any atom is -0.491 e. The molecule has 0 saturated heterocycles. The minimum atomic E-state index is 0.261. The fourth-order valence-electron chi connectivity index (χ4n) is 2.12. The van der Waals surface area contributed by atoms with E-state index in [1.165, 1.54) is 0 Å². The number of rotatable bonds is 5. The van der Waals surface area contributed by atoms with Gasteiger partial charge in [0.1, 0.15) is 12.4 Å². The summed E-state index contributed by atoms with van der Waals surface area (Å²) in [6.07, 6.45) is 3.77. The first-order valence-corrected chi connectivity index (χ1v) is 7.27. The van der Waals surface area contributed by atoms with Crippen molar-refractivity contribution in [2.45, 2.75) is 31.8 Å².